The van der Waals surface area contributed by atoms with Crippen LogP contribution < -0.4 is 4.68 Å². The van der Waals surface area contributed by atoms with E-state index in [2.05, 4.69) is 15.2 Å². The number of Topliss-reactive ketones (excluding diaryl/α,β-unsaturated/α-hetero) is 1. The molecule has 0 saturated carbocycles. The Morgan fingerprint density at radius 1 is 1.35 bits per heavy atom. The van der Waals surface area contributed by atoms with Gasteiger partial charge in [0.1, 0.15) is 17.7 Å². The molecule has 3 rings (SSSR count). The maximum absolute atomic E-state index is 12.5. The number of benzene rings is 1. The third-order valence-corrected chi connectivity index (χ3v) is 3.20. The van der Waals surface area contributed by atoms with Crippen LogP contribution in [0.3, 0.4) is 0 Å². The second kappa shape index (κ2) is 4.80. The molecule has 6 heteroatoms. The van der Waals surface area contributed by atoms with Crippen molar-refractivity contribution in [1.29, 1.82) is 0 Å². The fourth-order valence-electron chi connectivity index (χ4n) is 2.18. The summed E-state index contributed by atoms with van der Waals surface area (Å²) in [5.41, 5.74) is 1.46. The number of ketones is 1. The summed E-state index contributed by atoms with van der Waals surface area (Å²) in [6, 6.07) is 7.62. The number of aromatic nitrogens is 5. The minimum Gasteiger partial charge on any atom is -0.293 e. The topological polar surface area (TPSA) is 64.6 Å². The molecule has 0 fully saturated rings. The van der Waals surface area contributed by atoms with Gasteiger partial charge >= 0.3 is 0 Å². The average molecular weight is 268 g/mol. The van der Waals surface area contributed by atoms with Crippen LogP contribution in [-0.4, -0.2) is 25.6 Å². The summed E-state index contributed by atoms with van der Waals surface area (Å²) >= 11 is 0. The molecule has 0 atom stereocenters. The van der Waals surface area contributed by atoms with Gasteiger partial charge in [-0.2, -0.15) is 5.10 Å². The monoisotopic (exact) mass is 268 g/mol. The van der Waals surface area contributed by atoms with Crippen molar-refractivity contribution >= 4 is 16.7 Å². The molecule has 0 spiro atoms. The summed E-state index contributed by atoms with van der Waals surface area (Å²) < 4.78 is 3.27. The van der Waals surface area contributed by atoms with Crippen molar-refractivity contribution in [2.45, 2.75) is 6.42 Å². The van der Waals surface area contributed by atoms with E-state index in [0.717, 1.165) is 10.9 Å². The lowest BCUT2D eigenvalue weighted by Crippen LogP contribution is -2.34. The molecule has 1 aromatic carbocycles. The Hall–Kier alpha value is -2.63. The highest BCUT2D eigenvalue weighted by Gasteiger charge is 2.18. The van der Waals surface area contributed by atoms with E-state index in [1.807, 2.05) is 31.3 Å². The van der Waals surface area contributed by atoms with Crippen molar-refractivity contribution in [2.75, 3.05) is 0 Å². The lowest BCUT2D eigenvalue weighted by molar-refractivity contribution is -0.728. The second-order valence-corrected chi connectivity index (χ2v) is 4.63. The van der Waals surface area contributed by atoms with E-state index in [9.17, 15) is 4.79 Å². The molecule has 6 nitrogen and oxygen atoms in total. The Bertz CT molecular complexity index is 793. The number of hydrogen-bond donors (Lipinski definition) is 0. The van der Waals surface area contributed by atoms with E-state index in [1.165, 1.54) is 6.33 Å². The molecule has 2 aromatic heterocycles. The van der Waals surface area contributed by atoms with Gasteiger partial charge in [0.2, 0.25) is 6.20 Å². The standard InChI is InChI=1S/C14H14N5O/c1-18-8-11(10-5-3-4-6-12(10)17-18)13(20)7-14-15-9-16-19(14)2/h3-6,8-9H,7H2,1-2H3/q+1. The average Bonchev–Trinajstić information content (AvgIpc) is 2.83. The SMILES string of the molecule is Cn1ncnc1CC(=O)c1c[n+](C)nc2ccccc12. The van der Waals surface area contributed by atoms with Crippen molar-refractivity contribution in [2.24, 2.45) is 14.1 Å². The highest BCUT2D eigenvalue weighted by Crippen LogP contribution is 2.16. The quantitative estimate of drug-likeness (QED) is 0.516. The van der Waals surface area contributed by atoms with Crippen LogP contribution in [0.1, 0.15) is 16.2 Å². The van der Waals surface area contributed by atoms with E-state index >= 15 is 0 Å². The van der Waals surface area contributed by atoms with Gasteiger partial charge in [-0.3, -0.25) is 9.48 Å². The third kappa shape index (κ3) is 2.16. The Balaban J connectivity index is 2.05. The van der Waals surface area contributed by atoms with E-state index in [4.69, 9.17) is 0 Å². The molecule has 0 saturated heterocycles. The van der Waals surface area contributed by atoms with Gasteiger partial charge in [0, 0.05) is 12.4 Å². The fourth-order valence-corrected chi connectivity index (χ4v) is 2.18. The van der Waals surface area contributed by atoms with Crippen LogP contribution in [0.2, 0.25) is 0 Å². The highest BCUT2D eigenvalue weighted by molar-refractivity contribution is 6.07. The smallest absolute Gasteiger partial charge is 0.207 e. The molecular formula is C14H14N5O+. The molecule has 0 amide bonds. The molecule has 0 bridgehead atoms. The van der Waals surface area contributed by atoms with E-state index in [1.54, 1.807) is 22.6 Å². The molecule has 0 unspecified atom stereocenters. The van der Waals surface area contributed by atoms with Gasteiger partial charge in [-0.05, 0) is 11.2 Å². The number of carbonyl (C=O) groups is 1. The molecule has 0 aliphatic rings. The van der Waals surface area contributed by atoms with Crippen LogP contribution in [0.15, 0.2) is 36.8 Å². The minimum absolute atomic E-state index is 0.00954. The zero-order chi connectivity index (χ0) is 14.1. The summed E-state index contributed by atoms with van der Waals surface area (Å²) in [5, 5.41) is 9.20. The van der Waals surface area contributed by atoms with Gasteiger partial charge < -0.3 is 0 Å². The second-order valence-electron chi connectivity index (χ2n) is 4.63. The molecule has 2 heterocycles. The number of nitrogens with zero attached hydrogens (tertiary/aromatic N) is 5. The van der Waals surface area contributed by atoms with Crippen molar-refractivity contribution in [1.82, 2.24) is 19.9 Å². The Kier molecular flexibility index (Phi) is 2.98. The van der Waals surface area contributed by atoms with Gasteiger partial charge in [0.05, 0.1) is 12.0 Å². The van der Waals surface area contributed by atoms with Gasteiger partial charge in [-0.15, -0.1) is 0 Å². The number of rotatable bonds is 3. The summed E-state index contributed by atoms with van der Waals surface area (Å²) in [6.07, 6.45) is 3.43. The summed E-state index contributed by atoms with van der Waals surface area (Å²) in [7, 11) is 3.59. The lowest BCUT2D eigenvalue weighted by atomic mass is 10.0. The largest absolute Gasteiger partial charge is 0.293 e. The van der Waals surface area contributed by atoms with Gasteiger partial charge in [0.25, 0.3) is 0 Å². The van der Waals surface area contributed by atoms with Crippen molar-refractivity contribution < 1.29 is 9.48 Å². The molecule has 0 aliphatic heterocycles. The number of aryl methyl sites for hydroxylation is 2. The Morgan fingerprint density at radius 3 is 2.90 bits per heavy atom. The maximum atomic E-state index is 12.5. The number of carbonyl (C=O) groups excluding carboxylic acids is 1. The number of fused-ring (bicyclic) bond motifs is 1. The third-order valence-electron chi connectivity index (χ3n) is 3.20. The summed E-state index contributed by atoms with van der Waals surface area (Å²) in [5.74, 6) is 0.661. The van der Waals surface area contributed by atoms with Gasteiger partial charge in [-0.1, -0.05) is 22.9 Å². The van der Waals surface area contributed by atoms with Crippen LogP contribution in [0.25, 0.3) is 10.9 Å². The first-order valence-corrected chi connectivity index (χ1v) is 6.27. The van der Waals surface area contributed by atoms with Crippen molar-refractivity contribution in [3.63, 3.8) is 0 Å². The van der Waals surface area contributed by atoms with Crippen molar-refractivity contribution in [3.05, 3.63) is 48.2 Å². The molecular weight excluding hydrogens is 254 g/mol. The molecule has 3 aromatic rings. The highest BCUT2D eigenvalue weighted by atomic mass is 16.1. The molecule has 100 valence electrons. The van der Waals surface area contributed by atoms with E-state index in [0.29, 0.717) is 11.4 Å². The Morgan fingerprint density at radius 2 is 2.15 bits per heavy atom. The summed E-state index contributed by atoms with van der Waals surface area (Å²) in [6.45, 7) is 0. The number of hydrogen-bond acceptors (Lipinski definition) is 4. The summed E-state index contributed by atoms with van der Waals surface area (Å²) in [4.78, 5) is 16.6. The van der Waals surface area contributed by atoms with Crippen LogP contribution in [0, 0.1) is 0 Å². The van der Waals surface area contributed by atoms with Crippen LogP contribution in [-0.2, 0) is 20.5 Å². The first-order valence-electron chi connectivity index (χ1n) is 6.27. The predicted molar refractivity (Wildman–Crippen MR) is 72.0 cm³/mol. The zero-order valence-corrected chi connectivity index (χ0v) is 11.3. The van der Waals surface area contributed by atoms with Crippen molar-refractivity contribution in [3.8, 4) is 0 Å². The van der Waals surface area contributed by atoms with Gasteiger partial charge in [0.15, 0.2) is 12.8 Å². The Labute approximate surface area is 115 Å². The minimum atomic E-state index is 0.00954. The first-order chi connectivity index (χ1) is 9.65. The maximum Gasteiger partial charge on any atom is 0.207 e. The van der Waals surface area contributed by atoms with Crippen LogP contribution in [0.4, 0.5) is 0 Å². The predicted octanol–water partition coefficient (Wildman–Crippen LogP) is 0.613. The van der Waals surface area contributed by atoms with Crippen LogP contribution in [0.5, 0.6) is 0 Å². The molecule has 20 heavy (non-hydrogen) atoms. The molecule has 0 aliphatic carbocycles. The van der Waals surface area contributed by atoms with Gasteiger partial charge in [-0.25, -0.2) is 4.98 Å². The van der Waals surface area contributed by atoms with Crippen LogP contribution >= 0.6 is 0 Å². The van der Waals surface area contributed by atoms with E-state index in [-0.39, 0.29) is 12.2 Å². The lowest BCUT2D eigenvalue weighted by Gasteiger charge is -2.03. The molecule has 0 N–H and O–H groups in total. The zero-order valence-electron chi connectivity index (χ0n) is 11.3. The first kappa shape index (κ1) is 12.4. The normalized spacial score (nSPS) is 10.9. The fraction of sp³-hybridized carbons (Fsp3) is 0.214. The molecule has 0 radical (unpaired) electrons. The van der Waals surface area contributed by atoms with E-state index < -0.39 is 0 Å².